The number of aromatic nitrogens is 3. The molecule has 1 aromatic carbocycles. The van der Waals surface area contributed by atoms with Gasteiger partial charge in [-0.25, -0.2) is 9.37 Å². The van der Waals surface area contributed by atoms with E-state index >= 15 is 0 Å². The van der Waals surface area contributed by atoms with Crippen molar-refractivity contribution >= 4 is 11.5 Å². The van der Waals surface area contributed by atoms with Crippen molar-refractivity contribution in [3.8, 4) is 11.5 Å². The van der Waals surface area contributed by atoms with Crippen LogP contribution in [0.2, 0.25) is 0 Å². The third-order valence-corrected chi connectivity index (χ3v) is 6.56. The molecule has 1 atom stereocenters. The lowest BCUT2D eigenvalue weighted by Gasteiger charge is -2.46. The number of nitrogens with zero attached hydrogens (tertiary/aromatic N) is 4. The Hall–Kier alpha value is -3.04. The van der Waals surface area contributed by atoms with Gasteiger partial charge in [0.05, 0.1) is 23.9 Å². The van der Waals surface area contributed by atoms with Crippen LogP contribution in [0.1, 0.15) is 36.7 Å². The monoisotopic (exact) mass is 424 g/mol. The fourth-order valence-corrected chi connectivity index (χ4v) is 4.59. The molecule has 31 heavy (non-hydrogen) atoms. The quantitative estimate of drug-likeness (QED) is 0.554. The Morgan fingerprint density at radius 1 is 1.19 bits per heavy atom. The highest BCUT2D eigenvalue weighted by Crippen LogP contribution is 2.42. The van der Waals surface area contributed by atoms with Crippen LogP contribution >= 0.6 is 0 Å². The first-order valence-electron chi connectivity index (χ1n) is 10.5. The van der Waals surface area contributed by atoms with E-state index in [1.165, 1.54) is 12.1 Å². The number of benzene rings is 1. The molecule has 0 unspecified atom stereocenters. The van der Waals surface area contributed by atoms with Crippen LogP contribution in [0.5, 0.6) is 0 Å². The van der Waals surface area contributed by atoms with Gasteiger partial charge in [-0.2, -0.15) is 4.98 Å². The van der Waals surface area contributed by atoms with Gasteiger partial charge in [0.1, 0.15) is 11.6 Å². The van der Waals surface area contributed by atoms with Gasteiger partial charge < -0.3 is 25.6 Å². The zero-order valence-electron chi connectivity index (χ0n) is 17.1. The van der Waals surface area contributed by atoms with Crippen molar-refractivity contribution in [2.24, 2.45) is 0 Å². The lowest BCUT2D eigenvalue weighted by Crippen LogP contribution is -2.51. The third kappa shape index (κ3) is 3.75. The summed E-state index contributed by atoms with van der Waals surface area (Å²) >= 11 is 0. The maximum atomic E-state index is 13.3. The summed E-state index contributed by atoms with van der Waals surface area (Å²) in [7, 11) is 0. The van der Waals surface area contributed by atoms with E-state index in [-0.39, 0.29) is 17.8 Å². The molecule has 0 amide bonds. The first kappa shape index (κ1) is 19.9. The number of hydrogen-bond donors (Lipinski definition) is 3. The second-order valence-corrected chi connectivity index (χ2v) is 8.38. The molecule has 3 fully saturated rings. The van der Waals surface area contributed by atoms with Crippen molar-refractivity contribution in [2.45, 2.75) is 30.7 Å². The molecule has 9 heteroatoms. The number of nitrogens with two attached hydrogens (primary N) is 1. The average molecular weight is 424 g/mol. The average Bonchev–Trinajstić information content (AvgIpc) is 3.30. The summed E-state index contributed by atoms with van der Waals surface area (Å²) in [6.07, 6.45) is 4.70. The second-order valence-electron chi connectivity index (χ2n) is 8.38. The fraction of sp³-hybridized carbons (Fsp3) is 0.409. The predicted octanol–water partition coefficient (Wildman–Crippen LogP) is 2.74. The van der Waals surface area contributed by atoms with Crippen LogP contribution in [-0.4, -0.2) is 51.4 Å². The maximum absolute atomic E-state index is 13.3. The number of aliphatic hydroxyl groups excluding tert-OH is 1. The number of fused-ring (bicyclic) bond motifs is 3. The molecule has 3 saturated heterocycles. The number of piperidine rings is 3. The van der Waals surface area contributed by atoms with E-state index in [1.807, 2.05) is 0 Å². The van der Waals surface area contributed by atoms with Crippen LogP contribution in [0, 0.1) is 5.82 Å². The zero-order valence-corrected chi connectivity index (χ0v) is 17.1. The van der Waals surface area contributed by atoms with Crippen molar-refractivity contribution in [1.82, 2.24) is 20.0 Å². The van der Waals surface area contributed by atoms with Gasteiger partial charge in [-0.15, -0.1) is 0 Å². The number of aliphatic hydroxyl groups is 1. The van der Waals surface area contributed by atoms with Crippen molar-refractivity contribution < 1.29 is 14.0 Å². The Morgan fingerprint density at radius 3 is 2.58 bits per heavy atom. The fourth-order valence-electron chi connectivity index (χ4n) is 4.59. The molecule has 162 valence electrons. The van der Waals surface area contributed by atoms with Crippen LogP contribution in [0.3, 0.4) is 0 Å². The Morgan fingerprint density at radius 2 is 1.90 bits per heavy atom. The largest absolute Gasteiger partial charge is 0.394 e. The van der Waals surface area contributed by atoms with E-state index in [0.29, 0.717) is 23.0 Å². The summed E-state index contributed by atoms with van der Waals surface area (Å²) < 4.78 is 19.0. The van der Waals surface area contributed by atoms with Gasteiger partial charge >= 0.3 is 0 Å². The van der Waals surface area contributed by atoms with Crippen LogP contribution in [0.15, 0.2) is 41.1 Å². The van der Waals surface area contributed by atoms with Crippen LogP contribution in [0.25, 0.3) is 11.5 Å². The van der Waals surface area contributed by atoms with E-state index in [4.69, 9.17) is 15.2 Å². The molecule has 0 saturated carbocycles. The van der Waals surface area contributed by atoms with Crippen LogP contribution in [0.4, 0.5) is 15.9 Å². The Bertz CT molecular complexity index is 1050. The first-order chi connectivity index (χ1) is 15.1. The second kappa shape index (κ2) is 7.90. The number of rotatable bonds is 6. The van der Waals surface area contributed by atoms with Crippen molar-refractivity contribution in [2.75, 3.05) is 37.3 Å². The van der Waals surface area contributed by atoms with Crippen LogP contribution in [-0.2, 0) is 5.41 Å². The van der Waals surface area contributed by atoms with Gasteiger partial charge in [-0.1, -0.05) is 17.3 Å². The minimum absolute atomic E-state index is 0.0208. The van der Waals surface area contributed by atoms with E-state index in [9.17, 15) is 9.50 Å². The first-order valence-corrected chi connectivity index (χ1v) is 10.5. The number of nitrogens with one attached hydrogen (secondary N) is 1. The third-order valence-electron chi connectivity index (χ3n) is 6.56. The van der Waals surface area contributed by atoms with Gasteiger partial charge in [0.15, 0.2) is 5.82 Å². The number of nitrogen functional groups attached to an aromatic ring is 1. The number of pyridine rings is 1. The topological polar surface area (TPSA) is 113 Å². The normalized spacial score (nSPS) is 23.6. The predicted molar refractivity (Wildman–Crippen MR) is 114 cm³/mol. The highest BCUT2D eigenvalue weighted by atomic mass is 19.1. The van der Waals surface area contributed by atoms with E-state index in [2.05, 4.69) is 20.4 Å². The summed E-state index contributed by atoms with van der Waals surface area (Å²) in [6, 6.07) is 7.19. The molecule has 4 N–H and O–H groups in total. The minimum atomic E-state index is -0.468. The SMILES string of the molecule is Nc1cc(N[C@H](CO)c2ccc(F)cc2)c(-c2nc(C34CCN(CC3)CC4)no2)cn1. The van der Waals surface area contributed by atoms with Gasteiger partial charge in [0.25, 0.3) is 5.89 Å². The smallest absolute Gasteiger partial charge is 0.261 e. The number of hydrogen-bond acceptors (Lipinski definition) is 8. The summed E-state index contributed by atoms with van der Waals surface area (Å²) in [6.45, 7) is 3.00. The molecule has 8 nitrogen and oxygen atoms in total. The molecule has 3 aliphatic rings. The van der Waals surface area contributed by atoms with Crippen molar-refractivity contribution in [1.29, 1.82) is 0 Å². The van der Waals surface area contributed by atoms with E-state index < -0.39 is 6.04 Å². The summed E-state index contributed by atoms with van der Waals surface area (Å²) in [5.41, 5.74) is 7.86. The molecule has 5 heterocycles. The standard InChI is InChI=1S/C22H25FN6O2/c23-15-3-1-14(2-4-15)18(13-30)26-17-11-19(24)25-12-16(17)20-27-21(28-31-20)22-5-8-29(9-6-22)10-7-22/h1-4,11-12,18,30H,5-10,13H2,(H3,24,25,26)/t18-/m1/s1. The summed E-state index contributed by atoms with van der Waals surface area (Å²) in [5, 5.41) is 17.5. The molecule has 3 aromatic rings. The number of halogens is 1. The number of anilines is 2. The Labute approximate surface area is 179 Å². The lowest BCUT2D eigenvalue weighted by atomic mass is 9.71. The van der Waals surface area contributed by atoms with Gasteiger partial charge in [0.2, 0.25) is 0 Å². The highest BCUT2D eigenvalue weighted by molar-refractivity contribution is 5.74. The van der Waals surface area contributed by atoms with Gasteiger partial charge in [0, 0.05) is 17.7 Å². The van der Waals surface area contributed by atoms with Crippen LogP contribution < -0.4 is 11.1 Å². The molecule has 0 radical (unpaired) electrons. The Kier molecular flexibility index (Phi) is 5.07. The maximum Gasteiger partial charge on any atom is 0.261 e. The summed E-state index contributed by atoms with van der Waals surface area (Å²) in [5.74, 6) is 1.10. The lowest BCUT2D eigenvalue weighted by molar-refractivity contribution is 0.0747. The molecule has 2 aromatic heterocycles. The van der Waals surface area contributed by atoms with Gasteiger partial charge in [-0.05, 0) is 56.6 Å². The van der Waals surface area contributed by atoms with E-state index in [0.717, 1.165) is 50.3 Å². The Balaban J connectivity index is 1.45. The molecule has 2 bridgehead atoms. The zero-order chi connectivity index (χ0) is 21.4. The van der Waals surface area contributed by atoms with Crippen molar-refractivity contribution in [3.05, 3.63) is 53.7 Å². The highest BCUT2D eigenvalue weighted by Gasteiger charge is 2.44. The van der Waals surface area contributed by atoms with Crippen molar-refractivity contribution in [3.63, 3.8) is 0 Å². The van der Waals surface area contributed by atoms with E-state index in [1.54, 1.807) is 24.4 Å². The summed E-state index contributed by atoms with van der Waals surface area (Å²) in [4.78, 5) is 11.4. The van der Waals surface area contributed by atoms with Gasteiger partial charge in [-0.3, -0.25) is 0 Å². The molecule has 0 aliphatic carbocycles. The molecule has 6 rings (SSSR count). The minimum Gasteiger partial charge on any atom is -0.394 e. The molecule has 3 aliphatic heterocycles. The molecular formula is C22H25FN6O2. The molecular weight excluding hydrogens is 399 g/mol. The molecule has 0 spiro atoms.